The maximum Gasteiger partial charge on any atom is 0.150 e. The first-order valence-electron chi connectivity index (χ1n) is 4.44. The van der Waals surface area contributed by atoms with E-state index in [0.717, 1.165) is 0 Å². The van der Waals surface area contributed by atoms with E-state index in [1.165, 1.54) is 0 Å². The Kier molecular flexibility index (Phi) is 3.71. The first-order valence-corrected chi connectivity index (χ1v) is 4.44. The molecule has 0 bridgehead atoms. The predicted molar refractivity (Wildman–Crippen MR) is 52.3 cm³/mol. The topological polar surface area (TPSA) is 108 Å². The second-order valence-corrected chi connectivity index (χ2v) is 2.97. The molecule has 0 saturated carbocycles. The summed E-state index contributed by atoms with van der Waals surface area (Å²) < 4.78 is 13.8. The summed E-state index contributed by atoms with van der Waals surface area (Å²) in [5.41, 5.74) is -0.914. The van der Waals surface area contributed by atoms with Crippen molar-refractivity contribution in [1.29, 1.82) is 21.0 Å². The number of halogens is 1. The molecule has 0 radical (unpaired) electrons. The van der Waals surface area contributed by atoms with Crippen LogP contribution in [0.25, 0.3) is 0 Å². The van der Waals surface area contributed by atoms with Gasteiger partial charge in [-0.25, -0.2) is 9.37 Å². The van der Waals surface area contributed by atoms with Crippen molar-refractivity contribution in [2.75, 3.05) is 0 Å². The average Bonchev–Trinajstić information content (AvgIpc) is 2.33. The Labute approximate surface area is 96.6 Å². The zero-order valence-electron chi connectivity index (χ0n) is 8.53. The normalized spacial score (nSPS) is 8.53. The third kappa shape index (κ3) is 2.17. The van der Waals surface area contributed by atoms with E-state index in [1.807, 2.05) is 0 Å². The van der Waals surface area contributed by atoms with Gasteiger partial charge in [0.05, 0.1) is 30.7 Å². The number of pyridine rings is 1. The second kappa shape index (κ2) is 5.21. The SMILES string of the molecule is N#CCc1nc(C#N)c(CC#N)c(F)c1C#N. The molecule has 0 fully saturated rings. The van der Waals surface area contributed by atoms with Gasteiger partial charge in [-0.05, 0) is 0 Å². The summed E-state index contributed by atoms with van der Waals surface area (Å²) in [7, 11) is 0. The van der Waals surface area contributed by atoms with Crippen molar-refractivity contribution in [2.45, 2.75) is 12.8 Å². The summed E-state index contributed by atoms with van der Waals surface area (Å²) in [6.45, 7) is 0. The largest absolute Gasteiger partial charge is 0.239 e. The van der Waals surface area contributed by atoms with Gasteiger partial charge in [0.1, 0.15) is 29.2 Å². The Morgan fingerprint density at radius 1 is 1.00 bits per heavy atom. The predicted octanol–water partition coefficient (Wildman–Crippen LogP) is 1.10. The van der Waals surface area contributed by atoms with Crippen LogP contribution in [0.15, 0.2) is 0 Å². The van der Waals surface area contributed by atoms with Crippen molar-refractivity contribution in [3.05, 3.63) is 28.3 Å². The van der Waals surface area contributed by atoms with Crippen LogP contribution in [0.3, 0.4) is 0 Å². The zero-order chi connectivity index (χ0) is 12.8. The first-order chi connectivity index (χ1) is 8.19. The highest BCUT2D eigenvalue weighted by atomic mass is 19.1. The third-order valence-electron chi connectivity index (χ3n) is 2.03. The molecule has 17 heavy (non-hydrogen) atoms. The number of rotatable bonds is 2. The fraction of sp³-hybridized carbons (Fsp3) is 0.182. The molecule has 0 amide bonds. The Balaban J connectivity index is 3.59. The molecule has 1 rings (SSSR count). The quantitative estimate of drug-likeness (QED) is 0.748. The lowest BCUT2D eigenvalue weighted by molar-refractivity contribution is 0.604. The highest BCUT2D eigenvalue weighted by Crippen LogP contribution is 2.19. The molecule has 0 N–H and O–H groups in total. The van der Waals surface area contributed by atoms with Crippen molar-refractivity contribution in [3.63, 3.8) is 0 Å². The molecule has 6 heteroatoms. The minimum atomic E-state index is -0.939. The number of hydrogen-bond donors (Lipinski definition) is 0. The first kappa shape index (κ1) is 12.1. The summed E-state index contributed by atoms with van der Waals surface area (Å²) in [5.74, 6) is -0.939. The van der Waals surface area contributed by atoms with Gasteiger partial charge in [-0.3, -0.25) is 0 Å². The van der Waals surface area contributed by atoms with Crippen LogP contribution in [-0.4, -0.2) is 4.98 Å². The lowest BCUT2D eigenvalue weighted by Crippen LogP contribution is -2.06. The summed E-state index contributed by atoms with van der Waals surface area (Å²) in [6, 6.07) is 6.67. The van der Waals surface area contributed by atoms with E-state index in [-0.39, 0.29) is 35.4 Å². The minimum absolute atomic E-state index is 0.0780. The van der Waals surface area contributed by atoms with Gasteiger partial charge in [0, 0.05) is 5.56 Å². The number of hydrogen-bond acceptors (Lipinski definition) is 5. The molecule has 80 valence electrons. The minimum Gasteiger partial charge on any atom is -0.239 e. The van der Waals surface area contributed by atoms with Crippen LogP contribution < -0.4 is 0 Å². The van der Waals surface area contributed by atoms with Crippen LogP contribution >= 0.6 is 0 Å². The van der Waals surface area contributed by atoms with Crippen molar-refractivity contribution < 1.29 is 4.39 Å². The molecule has 0 aliphatic rings. The highest BCUT2D eigenvalue weighted by molar-refractivity contribution is 5.46. The van der Waals surface area contributed by atoms with E-state index in [4.69, 9.17) is 21.0 Å². The molecule has 0 spiro atoms. The Morgan fingerprint density at radius 2 is 1.65 bits per heavy atom. The number of aromatic nitrogens is 1. The van der Waals surface area contributed by atoms with E-state index < -0.39 is 5.82 Å². The molecule has 0 atom stereocenters. The van der Waals surface area contributed by atoms with Crippen LogP contribution in [0, 0.1) is 51.1 Å². The van der Waals surface area contributed by atoms with Crippen LogP contribution in [0.1, 0.15) is 22.5 Å². The van der Waals surface area contributed by atoms with Crippen LogP contribution in [0.2, 0.25) is 0 Å². The molecule has 5 nitrogen and oxygen atoms in total. The smallest absolute Gasteiger partial charge is 0.150 e. The summed E-state index contributed by atoms with van der Waals surface area (Å²) in [6.07, 6.45) is -0.607. The number of nitrogens with zero attached hydrogens (tertiary/aromatic N) is 5. The summed E-state index contributed by atoms with van der Waals surface area (Å²) in [5, 5.41) is 34.6. The summed E-state index contributed by atoms with van der Waals surface area (Å²) >= 11 is 0. The van der Waals surface area contributed by atoms with E-state index >= 15 is 0 Å². The standard InChI is InChI=1S/C11H4FN5/c12-11-7(1-3-13)10(6-16)17-9(2-4-14)8(11)5-15/h1-2H2. The molecular formula is C11H4FN5. The molecule has 0 aliphatic heterocycles. The zero-order valence-corrected chi connectivity index (χ0v) is 8.53. The average molecular weight is 225 g/mol. The fourth-order valence-electron chi connectivity index (χ4n) is 1.29. The molecule has 1 aromatic heterocycles. The van der Waals surface area contributed by atoms with E-state index in [9.17, 15) is 4.39 Å². The molecular weight excluding hydrogens is 221 g/mol. The monoisotopic (exact) mass is 225 g/mol. The van der Waals surface area contributed by atoms with Gasteiger partial charge in [0.25, 0.3) is 0 Å². The van der Waals surface area contributed by atoms with Crippen molar-refractivity contribution in [3.8, 4) is 24.3 Å². The number of nitriles is 4. The Morgan fingerprint density at radius 3 is 2.12 bits per heavy atom. The third-order valence-corrected chi connectivity index (χ3v) is 2.03. The molecule has 0 aliphatic carbocycles. The Bertz CT molecular complexity index is 622. The molecule has 0 saturated heterocycles. The van der Waals surface area contributed by atoms with Crippen molar-refractivity contribution >= 4 is 0 Å². The van der Waals surface area contributed by atoms with Gasteiger partial charge >= 0.3 is 0 Å². The molecule has 0 aromatic carbocycles. The van der Waals surface area contributed by atoms with Crippen molar-refractivity contribution in [2.24, 2.45) is 0 Å². The lowest BCUT2D eigenvalue weighted by atomic mass is 10.0. The van der Waals surface area contributed by atoms with E-state index in [2.05, 4.69) is 4.98 Å². The second-order valence-electron chi connectivity index (χ2n) is 2.97. The van der Waals surface area contributed by atoms with E-state index in [1.54, 1.807) is 24.3 Å². The summed E-state index contributed by atoms with van der Waals surface area (Å²) in [4.78, 5) is 3.73. The van der Waals surface area contributed by atoms with Gasteiger partial charge in [-0.1, -0.05) is 0 Å². The Hall–Kier alpha value is -2.96. The highest BCUT2D eigenvalue weighted by Gasteiger charge is 2.19. The molecule has 0 unspecified atom stereocenters. The maximum absolute atomic E-state index is 13.8. The van der Waals surface area contributed by atoms with Crippen molar-refractivity contribution in [1.82, 2.24) is 4.98 Å². The van der Waals surface area contributed by atoms with Crippen LogP contribution in [-0.2, 0) is 12.8 Å². The van der Waals surface area contributed by atoms with Gasteiger partial charge in [-0.2, -0.15) is 21.0 Å². The van der Waals surface area contributed by atoms with Crippen LogP contribution in [0.4, 0.5) is 4.39 Å². The fourth-order valence-corrected chi connectivity index (χ4v) is 1.29. The van der Waals surface area contributed by atoms with Gasteiger partial charge < -0.3 is 0 Å². The maximum atomic E-state index is 13.8. The van der Waals surface area contributed by atoms with Gasteiger partial charge in [0.2, 0.25) is 0 Å². The molecule has 1 aromatic rings. The van der Waals surface area contributed by atoms with Gasteiger partial charge in [0.15, 0.2) is 0 Å². The van der Waals surface area contributed by atoms with Crippen LogP contribution in [0.5, 0.6) is 0 Å². The molecule has 1 heterocycles. The lowest BCUT2D eigenvalue weighted by Gasteiger charge is -2.05. The van der Waals surface area contributed by atoms with Gasteiger partial charge in [-0.15, -0.1) is 0 Å². The van der Waals surface area contributed by atoms with E-state index in [0.29, 0.717) is 0 Å².